The van der Waals surface area contributed by atoms with Gasteiger partial charge in [0.25, 0.3) is 0 Å². The Morgan fingerprint density at radius 2 is 2.17 bits per heavy atom. The van der Waals surface area contributed by atoms with Crippen LogP contribution in [0.4, 0.5) is 0 Å². The maximum atomic E-state index is 11.8. The second-order valence-electron chi connectivity index (χ2n) is 9.35. The highest BCUT2D eigenvalue weighted by atomic mass is 16.5. The van der Waals surface area contributed by atoms with Crippen molar-refractivity contribution in [3.8, 4) is 0 Å². The predicted octanol–water partition coefficient (Wildman–Crippen LogP) is 4.09. The smallest absolute Gasteiger partial charge is 0.155 e. The molecule has 2 nitrogen and oxygen atoms in total. The molecule has 0 radical (unpaired) electrons. The van der Waals surface area contributed by atoms with E-state index in [0.717, 1.165) is 43.1 Å². The number of fused-ring (bicyclic) bond motifs is 9. The summed E-state index contributed by atoms with van der Waals surface area (Å²) in [5, 5.41) is 0. The number of hydrogen-bond donors (Lipinski definition) is 0. The van der Waals surface area contributed by atoms with Gasteiger partial charge in [-0.25, -0.2) is 0 Å². The van der Waals surface area contributed by atoms with Gasteiger partial charge in [-0.2, -0.15) is 0 Å². The molecule has 24 heavy (non-hydrogen) atoms. The van der Waals surface area contributed by atoms with Crippen LogP contribution < -0.4 is 0 Å². The van der Waals surface area contributed by atoms with Crippen LogP contribution in [0.1, 0.15) is 39.0 Å². The summed E-state index contributed by atoms with van der Waals surface area (Å²) in [6.07, 6.45) is 17.2. The van der Waals surface area contributed by atoms with Crippen LogP contribution in [0, 0.1) is 40.9 Å². The van der Waals surface area contributed by atoms with E-state index in [1.54, 1.807) is 0 Å². The summed E-state index contributed by atoms with van der Waals surface area (Å²) in [6, 6.07) is 0. The molecule has 5 aliphatic carbocycles. The third-order valence-corrected chi connectivity index (χ3v) is 8.66. The summed E-state index contributed by atoms with van der Waals surface area (Å²) in [5.74, 6) is 4.83. The quantitative estimate of drug-likeness (QED) is 0.628. The third-order valence-electron chi connectivity index (χ3n) is 8.66. The first kappa shape index (κ1) is 14.1. The van der Waals surface area contributed by atoms with Gasteiger partial charge in [-0.3, -0.25) is 4.79 Å². The lowest BCUT2D eigenvalue weighted by Gasteiger charge is -2.55. The summed E-state index contributed by atoms with van der Waals surface area (Å²) in [6.45, 7) is 3.34. The first-order valence-electron chi connectivity index (χ1n) is 9.88. The topological polar surface area (TPSA) is 26.3 Å². The van der Waals surface area contributed by atoms with Crippen LogP contribution in [0.15, 0.2) is 36.0 Å². The van der Waals surface area contributed by atoms with Crippen LogP contribution in [-0.4, -0.2) is 18.0 Å². The molecule has 8 atom stereocenters. The molecule has 0 aromatic carbocycles. The van der Waals surface area contributed by atoms with Gasteiger partial charge in [-0.05, 0) is 72.8 Å². The zero-order chi connectivity index (χ0) is 16.1. The Bertz CT molecular complexity index is 715. The van der Waals surface area contributed by atoms with Gasteiger partial charge in [0.05, 0.1) is 12.2 Å². The van der Waals surface area contributed by atoms with Crippen molar-refractivity contribution in [1.29, 1.82) is 0 Å². The average molecular weight is 322 g/mol. The van der Waals surface area contributed by atoms with Crippen molar-refractivity contribution in [2.75, 3.05) is 6.61 Å². The Morgan fingerprint density at radius 3 is 3.00 bits per heavy atom. The van der Waals surface area contributed by atoms with Crippen LogP contribution in [0.25, 0.3) is 0 Å². The van der Waals surface area contributed by atoms with E-state index >= 15 is 0 Å². The molecular formula is C22H26O2. The molecule has 0 amide bonds. The van der Waals surface area contributed by atoms with E-state index in [-0.39, 0.29) is 5.60 Å². The normalized spacial score (nSPS) is 56.5. The summed E-state index contributed by atoms with van der Waals surface area (Å²) in [7, 11) is 0. The van der Waals surface area contributed by atoms with Crippen molar-refractivity contribution < 1.29 is 9.53 Å². The van der Waals surface area contributed by atoms with Crippen molar-refractivity contribution in [2.45, 2.75) is 44.6 Å². The molecule has 0 bridgehead atoms. The molecular weight excluding hydrogens is 296 g/mol. The molecule has 126 valence electrons. The number of ketones is 1. The molecule has 0 aromatic rings. The Kier molecular flexibility index (Phi) is 2.54. The monoisotopic (exact) mass is 322 g/mol. The van der Waals surface area contributed by atoms with Crippen molar-refractivity contribution in [3.63, 3.8) is 0 Å². The Labute approximate surface area is 144 Å². The van der Waals surface area contributed by atoms with E-state index in [4.69, 9.17) is 4.74 Å². The van der Waals surface area contributed by atoms with Gasteiger partial charge in [-0.1, -0.05) is 31.2 Å². The molecule has 6 aliphatic rings. The van der Waals surface area contributed by atoms with Crippen LogP contribution in [0.3, 0.4) is 0 Å². The lowest BCUT2D eigenvalue weighted by atomic mass is 9.50. The van der Waals surface area contributed by atoms with Crippen molar-refractivity contribution in [2.24, 2.45) is 40.9 Å². The lowest BCUT2D eigenvalue weighted by Crippen LogP contribution is -2.54. The Balaban J connectivity index is 1.43. The van der Waals surface area contributed by atoms with E-state index < -0.39 is 0 Å². The molecule has 2 heteroatoms. The molecule has 3 fully saturated rings. The van der Waals surface area contributed by atoms with Crippen LogP contribution >= 0.6 is 0 Å². The van der Waals surface area contributed by atoms with E-state index in [1.807, 2.05) is 6.08 Å². The highest BCUT2D eigenvalue weighted by molar-refractivity contribution is 5.91. The van der Waals surface area contributed by atoms with Gasteiger partial charge in [0.15, 0.2) is 5.78 Å². The molecule has 1 spiro atoms. The third kappa shape index (κ3) is 1.47. The zero-order valence-corrected chi connectivity index (χ0v) is 14.4. The van der Waals surface area contributed by atoms with Gasteiger partial charge >= 0.3 is 0 Å². The first-order valence-corrected chi connectivity index (χ1v) is 9.88. The fraction of sp³-hybridized carbons (Fsp3) is 0.682. The van der Waals surface area contributed by atoms with E-state index in [2.05, 4.69) is 31.2 Å². The number of ether oxygens (including phenoxy) is 1. The van der Waals surface area contributed by atoms with E-state index in [0.29, 0.717) is 23.0 Å². The molecule has 6 rings (SSSR count). The van der Waals surface area contributed by atoms with E-state index in [1.165, 1.54) is 24.8 Å². The Morgan fingerprint density at radius 1 is 1.25 bits per heavy atom. The minimum atomic E-state index is 0.0415. The fourth-order valence-electron chi connectivity index (χ4n) is 7.72. The number of allylic oxidation sites excluding steroid dienone is 4. The molecule has 6 unspecified atom stereocenters. The summed E-state index contributed by atoms with van der Waals surface area (Å²) in [5.41, 5.74) is 1.68. The standard InChI is InChI=1S/C22H26O2/c1-21-9-7-16-15-6-4-14(23)11-13(15)3-5-17(16)20(21)18-12-19(18)22(21)8-2-10-24-22/h2-3,5,8,11,15-20H,4,6-7,9-10,12H2,1H3/t15?,16?,17?,18?,19?,20?,21-,22-/m0/s1. The lowest BCUT2D eigenvalue weighted by molar-refractivity contribution is -0.122. The van der Waals surface area contributed by atoms with Crippen LogP contribution in [0.5, 0.6) is 0 Å². The minimum Gasteiger partial charge on any atom is -0.366 e. The number of carbonyl (C=O) groups excluding carboxylic acids is 1. The maximum Gasteiger partial charge on any atom is 0.155 e. The largest absolute Gasteiger partial charge is 0.366 e. The highest BCUT2D eigenvalue weighted by Crippen LogP contribution is 2.77. The number of hydrogen-bond acceptors (Lipinski definition) is 2. The van der Waals surface area contributed by atoms with Crippen molar-refractivity contribution in [3.05, 3.63) is 36.0 Å². The number of carbonyl (C=O) groups is 1. The maximum absolute atomic E-state index is 11.8. The van der Waals surface area contributed by atoms with Crippen molar-refractivity contribution >= 4 is 5.78 Å². The summed E-state index contributed by atoms with van der Waals surface area (Å²) >= 11 is 0. The molecule has 1 aliphatic heterocycles. The van der Waals surface area contributed by atoms with Crippen molar-refractivity contribution in [1.82, 2.24) is 0 Å². The molecule has 0 saturated heterocycles. The van der Waals surface area contributed by atoms with Gasteiger partial charge in [0, 0.05) is 11.8 Å². The highest BCUT2D eigenvalue weighted by Gasteiger charge is 2.76. The van der Waals surface area contributed by atoms with Gasteiger partial charge in [-0.15, -0.1) is 0 Å². The molecule has 0 aromatic heterocycles. The van der Waals surface area contributed by atoms with Crippen LogP contribution in [0.2, 0.25) is 0 Å². The SMILES string of the molecule is C[C@]12CCC3C4CCC(=O)C=C4C=CC3C1C1CC1[C@@]21C=CCO1. The van der Waals surface area contributed by atoms with Gasteiger partial charge in [0.2, 0.25) is 0 Å². The Hall–Kier alpha value is -1.15. The molecule has 3 saturated carbocycles. The molecule has 0 N–H and O–H groups in total. The summed E-state index contributed by atoms with van der Waals surface area (Å²) < 4.78 is 6.44. The van der Waals surface area contributed by atoms with E-state index in [9.17, 15) is 4.79 Å². The second kappa shape index (κ2) is 4.33. The molecule has 1 heterocycles. The zero-order valence-electron chi connectivity index (χ0n) is 14.4. The second-order valence-corrected chi connectivity index (χ2v) is 9.35. The predicted molar refractivity (Wildman–Crippen MR) is 92.2 cm³/mol. The van der Waals surface area contributed by atoms with Gasteiger partial charge < -0.3 is 4.74 Å². The average Bonchev–Trinajstić information content (AvgIpc) is 3.13. The summed E-state index contributed by atoms with van der Waals surface area (Å²) in [4.78, 5) is 11.8. The van der Waals surface area contributed by atoms with Gasteiger partial charge in [0.1, 0.15) is 0 Å². The van der Waals surface area contributed by atoms with Crippen LogP contribution in [-0.2, 0) is 9.53 Å². The first-order chi connectivity index (χ1) is 11.6. The fourth-order valence-corrected chi connectivity index (χ4v) is 7.72. The number of rotatable bonds is 0. The minimum absolute atomic E-state index is 0.0415.